The molecule has 0 bridgehead atoms. The number of benzene rings is 1. The third kappa shape index (κ3) is 2.38. The lowest BCUT2D eigenvalue weighted by atomic mass is 9.83. The summed E-state index contributed by atoms with van der Waals surface area (Å²) in [4.78, 5) is 2.64. The van der Waals surface area contributed by atoms with Gasteiger partial charge in [-0.3, -0.25) is 0 Å². The van der Waals surface area contributed by atoms with Crippen LogP contribution in [0.15, 0.2) is 24.3 Å². The number of nitrogens with zero attached hydrogens (tertiary/aromatic N) is 1. The highest BCUT2D eigenvalue weighted by atomic mass is 15.2. The van der Waals surface area contributed by atoms with E-state index in [0.717, 1.165) is 13.1 Å². The van der Waals surface area contributed by atoms with E-state index in [9.17, 15) is 0 Å². The Morgan fingerprint density at radius 3 is 2.74 bits per heavy atom. The molecule has 104 valence electrons. The van der Waals surface area contributed by atoms with E-state index in [-0.39, 0.29) is 0 Å². The normalized spacial score (nSPS) is 25.4. The summed E-state index contributed by atoms with van der Waals surface area (Å²) < 4.78 is 0. The summed E-state index contributed by atoms with van der Waals surface area (Å²) in [7, 11) is 0. The van der Waals surface area contributed by atoms with Crippen LogP contribution in [0.2, 0.25) is 0 Å². The lowest BCUT2D eigenvalue weighted by Crippen LogP contribution is -2.46. The highest BCUT2D eigenvalue weighted by Crippen LogP contribution is 2.41. The van der Waals surface area contributed by atoms with Crippen LogP contribution in [0, 0.1) is 5.41 Å². The Labute approximate surface area is 117 Å². The lowest BCUT2D eigenvalue weighted by molar-refractivity contribution is 0.298. The van der Waals surface area contributed by atoms with Crippen LogP contribution in [0.1, 0.15) is 44.6 Å². The maximum atomic E-state index is 6.12. The molecule has 0 aromatic heterocycles. The Balaban J connectivity index is 1.87. The van der Waals surface area contributed by atoms with E-state index in [4.69, 9.17) is 5.73 Å². The van der Waals surface area contributed by atoms with Crippen molar-refractivity contribution in [3.63, 3.8) is 0 Å². The van der Waals surface area contributed by atoms with Crippen molar-refractivity contribution in [2.24, 2.45) is 11.1 Å². The number of anilines is 1. The predicted octanol–water partition coefficient (Wildman–Crippen LogP) is 3.35. The molecule has 2 aliphatic rings. The van der Waals surface area contributed by atoms with Crippen LogP contribution in [0.25, 0.3) is 0 Å². The van der Waals surface area contributed by atoms with Gasteiger partial charge in [-0.1, -0.05) is 31.0 Å². The number of hydrogen-bond donors (Lipinski definition) is 1. The quantitative estimate of drug-likeness (QED) is 0.901. The molecular weight excluding hydrogens is 232 g/mol. The van der Waals surface area contributed by atoms with E-state index in [2.05, 4.69) is 36.1 Å². The van der Waals surface area contributed by atoms with Crippen molar-refractivity contribution in [1.29, 1.82) is 0 Å². The van der Waals surface area contributed by atoms with Crippen molar-refractivity contribution >= 4 is 5.69 Å². The summed E-state index contributed by atoms with van der Waals surface area (Å²) >= 11 is 0. The summed E-state index contributed by atoms with van der Waals surface area (Å²) in [5.41, 5.74) is 9.48. The molecule has 2 nitrogen and oxygen atoms in total. The first-order valence-corrected chi connectivity index (χ1v) is 7.79. The largest absolute Gasteiger partial charge is 0.368 e. The molecule has 0 radical (unpaired) electrons. The zero-order chi connectivity index (χ0) is 13.3. The Hall–Kier alpha value is -1.02. The molecule has 1 atom stereocenters. The second kappa shape index (κ2) is 5.16. The molecule has 3 rings (SSSR count). The molecule has 1 saturated carbocycles. The standard InChI is InChI=1S/C17H26N2/c1-14-8-9-15-6-2-3-7-16(15)19(14)13-17(12-18)10-4-5-11-17/h2-3,6-7,14H,4-5,8-13,18H2,1H3. The van der Waals surface area contributed by atoms with Gasteiger partial charge < -0.3 is 10.6 Å². The molecule has 0 saturated heterocycles. The van der Waals surface area contributed by atoms with Crippen LogP contribution in [-0.4, -0.2) is 19.1 Å². The number of hydrogen-bond acceptors (Lipinski definition) is 2. The maximum Gasteiger partial charge on any atom is 0.0401 e. The predicted molar refractivity (Wildman–Crippen MR) is 81.5 cm³/mol. The number of fused-ring (bicyclic) bond motifs is 1. The molecule has 1 aromatic carbocycles. The number of aryl methyl sites for hydroxylation is 1. The number of nitrogens with two attached hydrogens (primary N) is 1. The van der Waals surface area contributed by atoms with Crippen molar-refractivity contribution in [1.82, 2.24) is 0 Å². The minimum atomic E-state index is 0.374. The van der Waals surface area contributed by atoms with Gasteiger partial charge in [0.2, 0.25) is 0 Å². The topological polar surface area (TPSA) is 29.3 Å². The lowest BCUT2D eigenvalue weighted by Gasteiger charge is -2.43. The molecule has 2 N–H and O–H groups in total. The molecule has 19 heavy (non-hydrogen) atoms. The number of rotatable bonds is 3. The number of para-hydroxylation sites is 1. The summed E-state index contributed by atoms with van der Waals surface area (Å²) in [5.74, 6) is 0. The second-order valence-electron chi connectivity index (χ2n) is 6.56. The summed E-state index contributed by atoms with van der Waals surface area (Å²) in [5, 5.41) is 0. The van der Waals surface area contributed by atoms with E-state index in [1.807, 2.05) is 0 Å². The van der Waals surface area contributed by atoms with Crippen molar-refractivity contribution < 1.29 is 0 Å². The van der Waals surface area contributed by atoms with Gasteiger partial charge in [0.25, 0.3) is 0 Å². The van der Waals surface area contributed by atoms with Gasteiger partial charge in [0.05, 0.1) is 0 Å². The van der Waals surface area contributed by atoms with Gasteiger partial charge in [0.1, 0.15) is 0 Å². The third-order valence-electron chi connectivity index (χ3n) is 5.27. The first kappa shape index (κ1) is 13.0. The highest BCUT2D eigenvalue weighted by molar-refractivity contribution is 5.56. The zero-order valence-electron chi connectivity index (χ0n) is 12.1. The van der Waals surface area contributed by atoms with Crippen LogP contribution in [0.3, 0.4) is 0 Å². The fraction of sp³-hybridized carbons (Fsp3) is 0.647. The van der Waals surface area contributed by atoms with Gasteiger partial charge in [-0.05, 0) is 50.8 Å². The molecule has 1 aliphatic carbocycles. The van der Waals surface area contributed by atoms with Crippen LogP contribution < -0.4 is 10.6 Å². The van der Waals surface area contributed by atoms with Crippen LogP contribution in [0.5, 0.6) is 0 Å². The summed E-state index contributed by atoms with van der Waals surface area (Å²) in [6.07, 6.45) is 7.85. The van der Waals surface area contributed by atoms with E-state index >= 15 is 0 Å². The van der Waals surface area contributed by atoms with Crippen molar-refractivity contribution in [3.05, 3.63) is 29.8 Å². The Kier molecular flexibility index (Phi) is 3.53. The Morgan fingerprint density at radius 2 is 2.00 bits per heavy atom. The fourth-order valence-corrected chi connectivity index (χ4v) is 3.91. The third-order valence-corrected chi connectivity index (χ3v) is 5.27. The molecule has 1 aromatic rings. The SMILES string of the molecule is CC1CCc2ccccc2N1CC1(CN)CCCC1. The smallest absolute Gasteiger partial charge is 0.0401 e. The average Bonchev–Trinajstić information content (AvgIpc) is 2.91. The Morgan fingerprint density at radius 1 is 1.26 bits per heavy atom. The van der Waals surface area contributed by atoms with Gasteiger partial charge in [0, 0.05) is 23.7 Å². The highest BCUT2D eigenvalue weighted by Gasteiger charge is 2.36. The molecule has 0 amide bonds. The monoisotopic (exact) mass is 258 g/mol. The van der Waals surface area contributed by atoms with Gasteiger partial charge in [0.15, 0.2) is 0 Å². The Bertz CT molecular complexity index is 435. The van der Waals surface area contributed by atoms with Crippen molar-refractivity contribution in [3.8, 4) is 0 Å². The molecular formula is C17H26N2. The van der Waals surface area contributed by atoms with Gasteiger partial charge in [-0.2, -0.15) is 0 Å². The summed E-state index contributed by atoms with van der Waals surface area (Å²) in [6.45, 7) is 4.37. The molecule has 2 heteroatoms. The van der Waals surface area contributed by atoms with Crippen LogP contribution >= 0.6 is 0 Å². The molecule has 1 heterocycles. The minimum Gasteiger partial charge on any atom is -0.368 e. The zero-order valence-corrected chi connectivity index (χ0v) is 12.1. The first-order valence-electron chi connectivity index (χ1n) is 7.79. The average molecular weight is 258 g/mol. The van der Waals surface area contributed by atoms with Crippen LogP contribution in [-0.2, 0) is 6.42 Å². The molecule has 1 unspecified atom stereocenters. The summed E-state index contributed by atoms with van der Waals surface area (Å²) in [6, 6.07) is 9.58. The fourth-order valence-electron chi connectivity index (χ4n) is 3.91. The molecule has 1 aliphatic heterocycles. The second-order valence-corrected chi connectivity index (χ2v) is 6.56. The van der Waals surface area contributed by atoms with Gasteiger partial charge in [-0.15, -0.1) is 0 Å². The molecule has 0 spiro atoms. The van der Waals surface area contributed by atoms with Crippen LogP contribution in [0.4, 0.5) is 5.69 Å². The molecule has 1 fully saturated rings. The van der Waals surface area contributed by atoms with Gasteiger partial charge >= 0.3 is 0 Å². The maximum absolute atomic E-state index is 6.12. The first-order chi connectivity index (χ1) is 9.24. The van der Waals surface area contributed by atoms with Gasteiger partial charge in [-0.25, -0.2) is 0 Å². The minimum absolute atomic E-state index is 0.374. The van der Waals surface area contributed by atoms with Crippen molar-refractivity contribution in [2.75, 3.05) is 18.0 Å². The van der Waals surface area contributed by atoms with E-state index < -0.39 is 0 Å². The van der Waals surface area contributed by atoms with E-state index in [0.29, 0.717) is 11.5 Å². The van der Waals surface area contributed by atoms with E-state index in [1.54, 1.807) is 0 Å². The van der Waals surface area contributed by atoms with Crippen molar-refractivity contribution in [2.45, 2.75) is 51.5 Å². The van der Waals surface area contributed by atoms with E-state index in [1.165, 1.54) is 49.8 Å².